The van der Waals surface area contributed by atoms with Gasteiger partial charge in [-0.15, -0.1) is 0 Å². The van der Waals surface area contributed by atoms with E-state index in [2.05, 4.69) is 5.32 Å². The van der Waals surface area contributed by atoms with E-state index in [-0.39, 0.29) is 24.8 Å². The van der Waals surface area contributed by atoms with Crippen molar-refractivity contribution in [3.8, 4) is 5.75 Å². The SMILES string of the molecule is COc1cccc(C(=O)NCCC(=O)N(C)c2ccccc2)c1. The van der Waals surface area contributed by atoms with E-state index in [0.29, 0.717) is 11.3 Å². The number of carbonyl (C=O) groups excluding carboxylic acids is 2. The van der Waals surface area contributed by atoms with Crippen LogP contribution in [0.15, 0.2) is 54.6 Å². The number of benzene rings is 2. The Labute approximate surface area is 135 Å². The molecule has 0 aliphatic heterocycles. The van der Waals surface area contributed by atoms with Crippen molar-refractivity contribution < 1.29 is 14.3 Å². The molecule has 0 unspecified atom stereocenters. The highest BCUT2D eigenvalue weighted by molar-refractivity contribution is 5.96. The summed E-state index contributed by atoms with van der Waals surface area (Å²) in [5.74, 6) is 0.346. The van der Waals surface area contributed by atoms with Gasteiger partial charge in [-0.3, -0.25) is 9.59 Å². The maximum atomic E-state index is 12.1. The van der Waals surface area contributed by atoms with Crippen molar-refractivity contribution in [2.45, 2.75) is 6.42 Å². The summed E-state index contributed by atoms with van der Waals surface area (Å²) in [4.78, 5) is 25.7. The molecule has 23 heavy (non-hydrogen) atoms. The summed E-state index contributed by atoms with van der Waals surface area (Å²) in [5.41, 5.74) is 1.34. The van der Waals surface area contributed by atoms with E-state index in [0.717, 1.165) is 5.69 Å². The van der Waals surface area contributed by atoms with Crippen LogP contribution in [0, 0.1) is 0 Å². The zero-order valence-electron chi connectivity index (χ0n) is 13.3. The zero-order chi connectivity index (χ0) is 16.7. The van der Waals surface area contributed by atoms with Gasteiger partial charge in [-0.1, -0.05) is 24.3 Å². The molecule has 0 atom stereocenters. The quantitative estimate of drug-likeness (QED) is 0.891. The van der Waals surface area contributed by atoms with Gasteiger partial charge in [-0.2, -0.15) is 0 Å². The van der Waals surface area contributed by atoms with Gasteiger partial charge in [-0.05, 0) is 30.3 Å². The molecule has 2 aromatic rings. The van der Waals surface area contributed by atoms with Crippen molar-refractivity contribution in [3.63, 3.8) is 0 Å². The third-order valence-electron chi connectivity index (χ3n) is 3.47. The molecule has 0 radical (unpaired) electrons. The first-order chi connectivity index (χ1) is 11.1. The highest BCUT2D eigenvalue weighted by Crippen LogP contribution is 2.13. The Morgan fingerprint density at radius 2 is 1.83 bits per heavy atom. The fourth-order valence-corrected chi connectivity index (χ4v) is 2.11. The maximum absolute atomic E-state index is 12.1. The Kier molecular flexibility index (Phi) is 5.74. The average Bonchev–Trinajstić information content (AvgIpc) is 2.61. The van der Waals surface area contributed by atoms with E-state index in [9.17, 15) is 9.59 Å². The van der Waals surface area contributed by atoms with Crippen LogP contribution in [0.2, 0.25) is 0 Å². The molecule has 2 rings (SSSR count). The first-order valence-corrected chi connectivity index (χ1v) is 7.35. The molecule has 0 spiro atoms. The molecule has 0 saturated carbocycles. The van der Waals surface area contributed by atoms with Gasteiger partial charge >= 0.3 is 0 Å². The van der Waals surface area contributed by atoms with Crippen molar-refractivity contribution >= 4 is 17.5 Å². The summed E-state index contributed by atoms with van der Waals surface area (Å²) in [7, 11) is 3.27. The van der Waals surface area contributed by atoms with Crippen LogP contribution in [-0.4, -0.2) is 32.5 Å². The molecular weight excluding hydrogens is 292 g/mol. The number of hydrogen-bond acceptors (Lipinski definition) is 3. The summed E-state index contributed by atoms with van der Waals surface area (Å²) >= 11 is 0. The highest BCUT2D eigenvalue weighted by atomic mass is 16.5. The van der Waals surface area contributed by atoms with Crippen molar-refractivity contribution in [3.05, 3.63) is 60.2 Å². The second-order valence-corrected chi connectivity index (χ2v) is 5.03. The van der Waals surface area contributed by atoms with Gasteiger partial charge in [-0.25, -0.2) is 0 Å². The smallest absolute Gasteiger partial charge is 0.251 e. The molecule has 5 heteroatoms. The fraction of sp³-hybridized carbons (Fsp3) is 0.222. The standard InChI is InChI=1S/C18H20N2O3/c1-20(15-8-4-3-5-9-15)17(21)11-12-19-18(22)14-7-6-10-16(13-14)23-2/h3-10,13H,11-12H2,1-2H3,(H,19,22). The Morgan fingerprint density at radius 3 is 2.52 bits per heavy atom. The molecule has 0 fully saturated rings. The van der Waals surface area contributed by atoms with Crippen molar-refractivity contribution in [1.82, 2.24) is 5.32 Å². The minimum absolute atomic E-state index is 0.0536. The predicted molar refractivity (Wildman–Crippen MR) is 89.8 cm³/mol. The van der Waals surface area contributed by atoms with E-state index in [1.165, 1.54) is 0 Å². The molecule has 5 nitrogen and oxygen atoms in total. The number of amides is 2. The number of methoxy groups -OCH3 is 1. The molecule has 0 heterocycles. The van der Waals surface area contributed by atoms with Gasteiger partial charge in [0.25, 0.3) is 5.91 Å². The molecule has 0 aliphatic carbocycles. The number of para-hydroxylation sites is 1. The van der Waals surface area contributed by atoms with E-state index in [4.69, 9.17) is 4.74 Å². The average molecular weight is 312 g/mol. The molecule has 120 valence electrons. The Balaban J connectivity index is 1.84. The van der Waals surface area contributed by atoms with Gasteiger partial charge in [0, 0.05) is 31.3 Å². The predicted octanol–water partition coefficient (Wildman–Crippen LogP) is 2.48. The lowest BCUT2D eigenvalue weighted by atomic mass is 10.2. The lowest BCUT2D eigenvalue weighted by Gasteiger charge is -2.17. The number of rotatable bonds is 6. The third-order valence-corrected chi connectivity index (χ3v) is 3.47. The lowest BCUT2D eigenvalue weighted by Crippen LogP contribution is -2.32. The minimum Gasteiger partial charge on any atom is -0.497 e. The van der Waals surface area contributed by atoms with E-state index in [1.807, 2.05) is 30.3 Å². The van der Waals surface area contributed by atoms with Crippen LogP contribution in [0.4, 0.5) is 5.69 Å². The number of nitrogens with zero attached hydrogens (tertiary/aromatic N) is 1. The molecule has 0 aromatic heterocycles. The number of hydrogen-bond donors (Lipinski definition) is 1. The number of carbonyl (C=O) groups is 2. The molecule has 2 amide bonds. The second-order valence-electron chi connectivity index (χ2n) is 5.03. The number of ether oxygens (including phenoxy) is 1. The Morgan fingerprint density at radius 1 is 1.09 bits per heavy atom. The van der Waals surface area contributed by atoms with Crippen LogP contribution in [-0.2, 0) is 4.79 Å². The summed E-state index contributed by atoms with van der Waals surface area (Å²) in [6, 6.07) is 16.3. The third kappa shape index (κ3) is 4.57. The zero-order valence-corrected chi connectivity index (χ0v) is 13.3. The first-order valence-electron chi connectivity index (χ1n) is 7.35. The molecule has 0 bridgehead atoms. The summed E-state index contributed by atoms with van der Waals surface area (Å²) in [5, 5.41) is 2.75. The Hall–Kier alpha value is -2.82. The van der Waals surface area contributed by atoms with Gasteiger partial charge in [0.15, 0.2) is 0 Å². The lowest BCUT2D eigenvalue weighted by molar-refractivity contribution is -0.118. The van der Waals surface area contributed by atoms with Crippen LogP contribution in [0.25, 0.3) is 0 Å². The second kappa shape index (κ2) is 7.98. The fourth-order valence-electron chi connectivity index (χ4n) is 2.11. The van der Waals surface area contributed by atoms with E-state index < -0.39 is 0 Å². The van der Waals surface area contributed by atoms with Gasteiger partial charge in [0.1, 0.15) is 5.75 Å². The van der Waals surface area contributed by atoms with Crippen molar-refractivity contribution in [2.75, 3.05) is 25.6 Å². The molecule has 1 N–H and O–H groups in total. The Bertz CT molecular complexity index is 671. The van der Waals surface area contributed by atoms with Crippen molar-refractivity contribution in [2.24, 2.45) is 0 Å². The van der Waals surface area contributed by atoms with Crippen LogP contribution in [0.1, 0.15) is 16.8 Å². The van der Waals surface area contributed by atoms with Crippen LogP contribution in [0.3, 0.4) is 0 Å². The molecule has 0 saturated heterocycles. The highest BCUT2D eigenvalue weighted by Gasteiger charge is 2.11. The molecule has 0 aliphatic rings. The normalized spacial score (nSPS) is 10.0. The van der Waals surface area contributed by atoms with E-state index in [1.54, 1.807) is 43.3 Å². The van der Waals surface area contributed by atoms with Crippen LogP contribution < -0.4 is 15.0 Å². The summed E-state index contributed by atoms with van der Waals surface area (Å²) in [6.45, 7) is 0.284. The summed E-state index contributed by atoms with van der Waals surface area (Å²) in [6.07, 6.45) is 0.237. The topological polar surface area (TPSA) is 58.6 Å². The van der Waals surface area contributed by atoms with Crippen molar-refractivity contribution in [1.29, 1.82) is 0 Å². The number of nitrogens with one attached hydrogen (secondary N) is 1. The van der Waals surface area contributed by atoms with E-state index >= 15 is 0 Å². The molecule has 2 aromatic carbocycles. The van der Waals surface area contributed by atoms with Crippen LogP contribution in [0.5, 0.6) is 5.75 Å². The monoisotopic (exact) mass is 312 g/mol. The minimum atomic E-state index is -0.223. The van der Waals surface area contributed by atoms with Crippen LogP contribution >= 0.6 is 0 Å². The molecular formula is C18H20N2O3. The number of anilines is 1. The maximum Gasteiger partial charge on any atom is 0.251 e. The largest absolute Gasteiger partial charge is 0.497 e. The van der Waals surface area contributed by atoms with Gasteiger partial charge < -0.3 is 15.0 Å². The van der Waals surface area contributed by atoms with Gasteiger partial charge in [0.2, 0.25) is 5.91 Å². The summed E-state index contributed by atoms with van der Waals surface area (Å²) < 4.78 is 5.09. The van der Waals surface area contributed by atoms with Gasteiger partial charge in [0.05, 0.1) is 7.11 Å². The first kappa shape index (κ1) is 16.5.